The molecule has 0 aliphatic heterocycles. The second kappa shape index (κ2) is 16.3. The fraction of sp³-hybridized carbons (Fsp3) is 0. The maximum atomic E-state index is 0. The summed E-state index contributed by atoms with van der Waals surface area (Å²) < 4.78 is 0. The standard InChI is InChI=1S/Cd.Hg.Pb.Se.2H. The van der Waals surface area contributed by atoms with Crippen LogP contribution in [0.15, 0.2) is 0 Å². The Morgan fingerprint density at radius 2 is 1.00 bits per heavy atom. The van der Waals surface area contributed by atoms with E-state index in [-0.39, 0.29) is 99.3 Å². The van der Waals surface area contributed by atoms with E-state index in [4.69, 9.17) is 0 Å². The molecule has 0 N–H and O–H groups in total. The van der Waals surface area contributed by atoms with Crippen LogP contribution in [0.2, 0.25) is 0 Å². The average Bonchev–Trinajstić information content (AvgIpc) is 0. The maximum Gasteiger partial charge on any atom is 0 e. The smallest absolute Gasteiger partial charge is 0 e. The summed E-state index contributed by atoms with van der Waals surface area (Å²) in [4.78, 5) is 0. The molecule has 4 radical (unpaired) electrons. The Balaban J connectivity index is 0. The van der Waals surface area contributed by atoms with Crippen LogP contribution in [0.5, 0.6) is 0 Å². The van der Waals surface area contributed by atoms with Crippen LogP contribution in [0.1, 0.15) is 0 Å². The second-order valence-electron chi connectivity index (χ2n) is 0. The molecule has 0 bridgehead atoms. The van der Waals surface area contributed by atoms with Crippen molar-refractivity contribution >= 4 is 44.4 Å². The van der Waals surface area contributed by atoms with Crippen molar-refractivity contribution in [1.82, 2.24) is 0 Å². The van der Waals surface area contributed by atoms with Crippen molar-refractivity contribution in [2.75, 3.05) is 0 Å². The van der Waals surface area contributed by atoms with Crippen molar-refractivity contribution in [3.05, 3.63) is 0 Å². The van der Waals surface area contributed by atoms with E-state index in [0.717, 1.165) is 0 Å². The second-order valence-corrected chi connectivity index (χ2v) is 0. The van der Waals surface area contributed by atoms with Gasteiger partial charge in [0.1, 0.15) is 0 Å². The van der Waals surface area contributed by atoms with Gasteiger partial charge in [-0.25, -0.2) is 0 Å². The maximum absolute atomic E-state index is 0. The van der Waals surface area contributed by atoms with E-state index in [1.807, 2.05) is 0 Å². The number of hydrogen-bond donors (Lipinski definition) is 0. The zero-order chi connectivity index (χ0) is 0. The Labute approximate surface area is 97.2 Å². The summed E-state index contributed by atoms with van der Waals surface area (Å²) in [5, 5.41) is 0. The molecule has 16 valence electrons. The first-order chi connectivity index (χ1) is 0. The molecule has 0 heterocycles. The van der Waals surface area contributed by atoms with Gasteiger partial charge >= 0.3 is 27.3 Å². The van der Waals surface area contributed by atoms with Gasteiger partial charge in [0.05, 0.1) is 0 Å². The van der Waals surface area contributed by atoms with E-state index in [2.05, 4.69) is 0 Å². The van der Waals surface area contributed by atoms with Gasteiger partial charge < -0.3 is 0 Å². The van der Waals surface area contributed by atoms with Crippen molar-refractivity contribution in [3.8, 4) is 0 Å². The number of hydrogen-bond acceptors (Lipinski definition) is 0. The Morgan fingerprint density at radius 1 is 1.00 bits per heavy atom. The van der Waals surface area contributed by atoms with E-state index in [1.165, 1.54) is 0 Å². The molecule has 4 heavy (non-hydrogen) atoms. The monoisotopic (exact) mass is 606 g/mol. The SMILES string of the molecule is [Cd].[Hg].[PbH2].[Se]. The third-order valence-corrected chi connectivity index (χ3v) is 0. The summed E-state index contributed by atoms with van der Waals surface area (Å²) in [5.74, 6) is 0. The molecule has 0 atom stereocenters. The fourth-order valence-electron chi connectivity index (χ4n) is 0. The van der Waals surface area contributed by atoms with Gasteiger partial charge in [-0.1, -0.05) is 0 Å². The van der Waals surface area contributed by atoms with Gasteiger partial charge in [0.2, 0.25) is 0 Å². The van der Waals surface area contributed by atoms with Gasteiger partial charge in [0.25, 0.3) is 0 Å². The zero-order valence-corrected chi connectivity index (χ0v) is 19.3. The molecule has 0 aliphatic carbocycles. The fourth-order valence-corrected chi connectivity index (χ4v) is 0. The molecule has 0 aromatic carbocycles. The molecule has 0 aliphatic rings. The molecule has 0 unspecified atom stereocenters. The van der Waals surface area contributed by atoms with Crippen molar-refractivity contribution in [3.63, 3.8) is 0 Å². The topological polar surface area (TPSA) is 0 Å². The minimum atomic E-state index is 0. The molecule has 0 saturated heterocycles. The molecular formula is H2CdHgPbSe. The summed E-state index contributed by atoms with van der Waals surface area (Å²) >= 11 is 0. The predicted molar refractivity (Wildman–Crippen MR) is 14.3 cm³/mol. The molecule has 0 nitrogen and oxygen atoms in total. The molecule has 0 rings (SSSR count). The molecule has 4 heteroatoms. The molecule has 0 saturated carbocycles. The van der Waals surface area contributed by atoms with Crippen LogP contribution in [0, 0.1) is 0 Å². The minimum Gasteiger partial charge on any atom is 0 e. The molecule has 0 fully saturated rings. The summed E-state index contributed by atoms with van der Waals surface area (Å²) in [7, 11) is 0. The first-order valence-corrected chi connectivity index (χ1v) is 0. The van der Waals surface area contributed by atoms with Crippen molar-refractivity contribution in [2.24, 2.45) is 0 Å². The first kappa shape index (κ1) is 26.6. The largest absolute Gasteiger partial charge is 0 e. The van der Waals surface area contributed by atoms with E-state index in [9.17, 15) is 0 Å². The zero-order valence-electron chi connectivity index (χ0n) is 2.53. The first-order valence-electron chi connectivity index (χ1n) is 0. The van der Waals surface area contributed by atoms with E-state index < -0.39 is 0 Å². The van der Waals surface area contributed by atoms with Gasteiger partial charge in [0.15, 0.2) is 0 Å². The van der Waals surface area contributed by atoms with Crippen molar-refractivity contribution in [1.29, 1.82) is 0 Å². The van der Waals surface area contributed by atoms with E-state index in [1.54, 1.807) is 0 Å². The molecule has 0 spiro atoms. The third kappa shape index (κ3) is 9.00. The Morgan fingerprint density at radius 3 is 1.00 bits per heavy atom. The summed E-state index contributed by atoms with van der Waals surface area (Å²) in [6.45, 7) is 0. The van der Waals surface area contributed by atoms with Gasteiger partial charge in [0, 0.05) is 72.0 Å². The van der Waals surface area contributed by atoms with Gasteiger partial charge in [-0.05, 0) is 0 Å². The van der Waals surface area contributed by atoms with Crippen molar-refractivity contribution in [2.45, 2.75) is 0 Å². The quantitative estimate of drug-likeness (QED) is 0.304. The summed E-state index contributed by atoms with van der Waals surface area (Å²) in [6, 6.07) is 0. The summed E-state index contributed by atoms with van der Waals surface area (Å²) in [5.41, 5.74) is 0. The van der Waals surface area contributed by atoms with Gasteiger partial charge in [-0.15, -0.1) is 0 Å². The van der Waals surface area contributed by atoms with Crippen LogP contribution in [0.3, 0.4) is 0 Å². The summed E-state index contributed by atoms with van der Waals surface area (Å²) in [6.07, 6.45) is 0. The Bertz CT molecular complexity index is 8.00. The van der Waals surface area contributed by atoms with Crippen molar-refractivity contribution < 1.29 is 55.0 Å². The van der Waals surface area contributed by atoms with Gasteiger partial charge in [-0.3, -0.25) is 0 Å². The van der Waals surface area contributed by atoms with Crippen LogP contribution in [0.4, 0.5) is 0 Å². The van der Waals surface area contributed by atoms with Gasteiger partial charge in [-0.2, -0.15) is 0 Å². The predicted octanol–water partition coefficient (Wildman–Crippen LogP) is -1.30. The molecular weight excluding hydrogens is 599 g/mol. The van der Waals surface area contributed by atoms with Crippen LogP contribution < -0.4 is 0 Å². The van der Waals surface area contributed by atoms with Crippen LogP contribution in [-0.4, -0.2) is 44.4 Å². The Hall–Kier alpha value is 3.30. The average molecular weight is 601 g/mol. The van der Waals surface area contributed by atoms with E-state index in [0.29, 0.717) is 0 Å². The molecule has 0 amide bonds. The van der Waals surface area contributed by atoms with E-state index >= 15 is 0 Å². The minimum absolute atomic E-state index is 0. The normalized spacial score (nSPS) is 0. The molecule has 0 aromatic heterocycles. The Kier molecular flexibility index (Phi) is 108. The number of rotatable bonds is 0. The third-order valence-electron chi connectivity index (χ3n) is 0. The van der Waals surface area contributed by atoms with Crippen LogP contribution in [-0.2, 0) is 55.0 Å². The molecule has 0 aromatic rings. The van der Waals surface area contributed by atoms with Crippen LogP contribution in [0.25, 0.3) is 0 Å². The van der Waals surface area contributed by atoms with Crippen LogP contribution >= 0.6 is 0 Å².